The van der Waals surface area contributed by atoms with Crippen LogP contribution in [-0.4, -0.2) is 12.8 Å². The highest BCUT2D eigenvalue weighted by molar-refractivity contribution is 6.30. The summed E-state index contributed by atoms with van der Waals surface area (Å²) in [4.78, 5) is 4.62. The SMILES string of the molecule is CCCCC(CC)C/N=C/c1ccc(OCc2ccc(Cl)cc2)cc1. The van der Waals surface area contributed by atoms with Crippen LogP contribution in [-0.2, 0) is 6.61 Å². The quantitative estimate of drug-likeness (QED) is 0.441. The second-order valence-corrected chi connectivity index (χ2v) is 6.83. The van der Waals surface area contributed by atoms with Crippen LogP contribution in [0.15, 0.2) is 53.5 Å². The van der Waals surface area contributed by atoms with Gasteiger partial charge < -0.3 is 4.74 Å². The van der Waals surface area contributed by atoms with Gasteiger partial charge in [0, 0.05) is 17.8 Å². The number of nitrogens with zero attached hydrogens (tertiary/aromatic N) is 1. The van der Waals surface area contributed by atoms with Gasteiger partial charge in [0.2, 0.25) is 0 Å². The monoisotopic (exact) mass is 357 g/mol. The zero-order valence-corrected chi connectivity index (χ0v) is 16.0. The summed E-state index contributed by atoms with van der Waals surface area (Å²) in [5.74, 6) is 1.57. The van der Waals surface area contributed by atoms with Crippen LogP contribution < -0.4 is 4.74 Å². The van der Waals surface area contributed by atoms with E-state index >= 15 is 0 Å². The zero-order valence-electron chi connectivity index (χ0n) is 15.2. The Morgan fingerprint density at radius 2 is 1.76 bits per heavy atom. The van der Waals surface area contributed by atoms with Crippen molar-refractivity contribution in [1.29, 1.82) is 0 Å². The summed E-state index contributed by atoms with van der Waals surface area (Å²) in [7, 11) is 0. The first-order valence-corrected chi connectivity index (χ1v) is 9.56. The minimum Gasteiger partial charge on any atom is -0.489 e. The molecule has 0 N–H and O–H groups in total. The Morgan fingerprint density at radius 1 is 1.04 bits per heavy atom. The Bertz CT molecular complexity index is 634. The Labute approximate surface area is 156 Å². The molecule has 0 aliphatic heterocycles. The third kappa shape index (κ3) is 7.31. The van der Waals surface area contributed by atoms with Crippen molar-refractivity contribution < 1.29 is 4.74 Å². The van der Waals surface area contributed by atoms with Crippen LogP contribution in [0.4, 0.5) is 0 Å². The fourth-order valence-corrected chi connectivity index (χ4v) is 2.75. The van der Waals surface area contributed by atoms with Crippen molar-refractivity contribution in [1.82, 2.24) is 0 Å². The van der Waals surface area contributed by atoms with E-state index < -0.39 is 0 Å². The van der Waals surface area contributed by atoms with E-state index in [1.807, 2.05) is 54.7 Å². The van der Waals surface area contributed by atoms with E-state index in [1.54, 1.807) is 0 Å². The molecule has 1 atom stereocenters. The van der Waals surface area contributed by atoms with Crippen molar-refractivity contribution in [2.75, 3.05) is 6.54 Å². The molecule has 1 unspecified atom stereocenters. The molecule has 0 saturated carbocycles. The predicted octanol–water partition coefficient (Wildman–Crippen LogP) is 6.55. The zero-order chi connectivity index (χ0) is 17.9. The second kappa shape index (κ2) is 10.9. The number of halogens is 1. The number of rotatable bonds is 10. The van der Waals surface area contributed by atoms with Crippen molar-refractivity contribution in [3.05, 3.63) is 64.7 Å². The normalized spacial score (nSPS) is 12.4. The summed E-state index contributed by atoms with van der Waals surface area (Å²) in [6.07, 6.45) is 7.01. The highest BCUT2D eigenvalue weighted by atomic mass is 35.5. The molecule has 0 radical (unpaired) electrons. The Kier molecular flexibility index (Phi) is 8.54. The van der Waals surface area contributed by atoms with Gasteiger partial charge in [-0.05, 0) is 59.9 Å². The first-order valence-electron chi connectivity index (χ1n) is 9.18. The third-order valence-electron chi connectivity index (χ3n) is 4.35. The number of unbranched alkanes of at least 4 members (excludes halogenated alkanes) is 1. The number of benzene rings is 2. The van der Waals surface area contributed by atoms with Gasteiger partial charge in [-0.3, -0.25) is 4.99 Å². The van der Waals surface area contributed by atoms with Gasteiger partial charge in [-0.25, -0.2) is 0 Å². The summed E-state index contributed by atoms with van der Waals surface area (Å²) in [6.45, 7) is 5.96. The predicted molar refractivity (Wildman–Crippen MR) is 108 cm³/mol. The van der Waals surface area contributed by atoms with Crippen LogP contribution in [0.1, 0.15) is 50.7 Å². The van der Waals surface area contributed by atoms with Gasteiger partial charge in [0.1, 0.15) is 12.4 Å². The standard InChI is InChI=1S/C22H28ClNO/c1-3-5-6-18(4-2)15-24-16-19-9-13-22(14-10-19)25-17-20-7-11-21(23)12-8-20/h7-14,16,18H,3-6,15,17H2,1-2H3/b24-16+. The summed E-state index contributed by atoms with van der Waals surface area (Å²) < 4.78 is 5.80. The van der Waals surface area contributed by atoms with Crippen molar-refractivity contribution >= 4 is 17.8 Å². The van der Waals surface area contributed by atoms with E-state index in [0.29, 0.717) is 12.5 Å². The average molecular weight is 358 g/mol. The Balaban J connectivity index is 1.80. The van der Waals surface area contributed by atoms with Crippen LogP contribution in [0.5, 0.6) is 5.75 Å². The van der Waals surface area contributed by atoms with Gasteiger partial charge in [0.15, 0.2) is 0 Å². The van der Waals surface area contributed by atoms with Crippen LogP contribution in [0.3, 0.4) is 0 Å². The van der Waals surface area contributed by atoms with E-state index in [4.69, 9.17) is 16.3 Å². The number of ether oxygens (including phenoxy) is 1. The van der Waals surface area contributed by atoms with Crippen molar-refractivity contribution in [3.8, 4) is 5.75 Å². The molecule has 0 bridgehead atoms. The van der Waals surface area contributed by atoms with Gasteiger partial charge in [-0.15, -0.1) is 0 Å². The van der Waals surface area contributed by atoms with Crippen LogP contribution in [0.25, 0.3) is 0 Å². The summed E-state index contributed by atoms with van der Waals surface area (Å²) in [5.41, 5.74) is 2.22. The van der Waals surface area contributed by atoms with Gasteiger partial charge >= 0.3 is 0 Å². The molecule has 0 fully saturated rings. The van der Waals surface area contributed by atoms with Gasteiger partial charge in [-0.2, -0.15) is 0 Å². The molecule has 0 amide bonds. The van der Waals surface area contributed by atoms with Crippen LogP contribution >= 0.6 is 11.6 Å². The third-order valence-corrected chi connectivity index (χ3v) is 4.60. The molecular weight excluding hydrogens is 330 g/mol. The molecule has 2 aromatic carbocycles. The second-order valence-electron chi connectivity index (χ2n) is 6.39. The van der Waals surface area contributed by atoms with Crippen molar-refractivity contribution in [2.45, 2.75) is 46.1 Å². The molecule has 0 aliphatic carbocycles. The lowest BCUT2D eigenvalue weighted by atomic mass is 10.00. The molecular formula is C22H28ClNO. The van der Waals surface area contributed by atoms with E-state index in [0.717, 1.165) is 28.4 Å². The number of hydrogen-bond donors (Lipinski definition) is 0. The fourth-order valence-electron chi connectivity index (χ4n) is 2.62. The largest absolute Gasteiger partial charge is 0.489 e. The lowest BCUT2D eigenvalue weighted by Crippen LogP contribution is -2.03. The lowest BCUT2D eigenvalue weighted by Gasteiger charge is -2.10. The number of hydrogen-bond acceptors (Lipinski definition) is 2. The molecule has 2 nitrogen and oxygen atoms in total. The van der Waals surface area contributed by atoms with Gasteiger partial charge in [0.05, 0.1) is 0 Å². The van der Waals surface area contributed by atoms with E-state index in [2.05, 4.69) is 18.8 Å². The molecule has 0 saturated heterocycles. The molecule has 0 spiro atoms. The van der Waals surface area contributed by atoms with E-state index in [-0.39, 0.29) is 0 Å². The first kappa shape index (κ1) is 19.5. The van der Waals surface area contributed by atoms with Crippen LogP contribution in [0.2, 0.25) is 5.02 Å². The maximum atomic E-state index is 5.89. The maximum absolute atomic E-state index is 5.89. The minimum atomic E-state index is 0.542. The molecule has 0 aromatic heterocycles. The smallest absolute Gasteiger partial charge is 0.119 e. The fraction of sp³-hybridized carbons (Fsp3) is 0.409. The summed E-state index contributed by atoms with van der Waals surface area (Å²) >= 11 is 5.89. The molecule has 0 heterocycles. The highest BCUT2D eigenvalue weighted by Crippen LogP contribution is 2.16. The molecule has 3 heteroatoms. The molecule has 0 aliphatic rings. The highest BCUT2D eigenvalue weighted by Gasteiger charge is 2.03. The van der Waals surface area contributed by atoms with Gasteiger partial charge in [0.25, 0.3) is 0 Å². The Morgan fingerprint density at radius 3 is 2.40 bits per heavy atom. The maximum Gasteiger partial charge on any atom is 0.119 e. The molecule has 2 rings (SSSR count). The molecule has 2 aromatic rings. The first-order chi connectivity index (χ1) is 12.2. The van der Waals surface area contributed by atoms with E-state index in [1.165, 1.54) is 25.7 Å². The Hall–Kier alpha value is -1.80. The van der Waals surface area contributed by atoms with Crippen LogP contribution in [0, 0.1) is 5.92 Å². The summed E-state index contributed by atoms with van der Waals surface area (Å²) in [6, 6.07) is 15.8. The minimum absolute atomic E-state index is 0.542. The molecule has 25 heavy (non-hydrogen) atoms. The van der Waals surface area contributed by atoms with Gasteiger partial charge in [-0.1, -0.05) is 56.8 Å². The van der Waals surface area contributed by atoms with Crippen molar-refractivity contribution in [2.24, 2.45) is 10.9 Å². The average Bonchev–Trinajstić information content (AvgIpc) is 2.65. The van der Waals surface area contributed by atoms with E-state index in [9.17, 15) is 0 Å². The topological polar surface area (TPSA) is 21.6 Å². The van der Waals surface area contributed by atoms with Crippen molar-refractivity contribution in [3.63, 3.8) is 0 Å². The molecule has 134 valence electrons. The number of aliphatic imine (C=N–C) groups is 1. The lowest BCUT2D eigenvalue weighted by molar-refractivity contribution is 0.306. The summed E-state index contributed by atoms with van der Waals surface area (Å²) in [5, 5.41) is 0.743.